The van der Waals surface area contributed by atoms with E-state index < -0.39 is 0 Å². The Labute approximate surface area is 119 Å². The average molecular weight is 275 g/mol. The van der Waals surface area contributed by atoms with E-state index in [1.54, 1.807) is 6.26 Å². The molecule has 0 amide bonds. The fourth-order valence-corrected chi connectivity index (χ4v) is 2.56. The van der Waals surface area contributed by atoms with Gasteiger partial charge in [0.2, 0.25) is 0 Å². The van der Waals surface area contributed by atoms with Crippen LogP contribution in [0.2, 0.25) is 0 Å². The van der Waals surface area contributed by atoms with Gasteiger partial charge in [-0.15, -0.1) is 0 Å². The van der Waals surface area contributed by atoms with Crippen LogP contribution in [0.5, 0.6) is 0 Å². The van der Waals surface area contributed by atoms with Crippen LogP contribution in [0.4, 0.5) is 0 Å². The lowest BCUT2D eigenvalue weighted by molar-refractivity contribution is 0.0582. The molecule has 0 saturated carbocycles. The summed E-state index contributed by atoms with van der Waals surface area (Å²) in [6.07, 6.45) is 5.48. The summed E-state index contributed by atoms with van der Waals surface area (Å²) in [6.45, 7) is 7.56. The van der Waals surface area contributed by atoms with Crippen molar-refractivity contribution < 1.29 is 9.47 Å². The molecule has 108 valence electrons. The van der Waals surface area contributed by atoms with E-state index in [0.717, 1.165) is 45.0 Å². The molecule has 0 spiro atoms. The fourth-order valence-electron chi connectivity index (χ4n) is 2.56. The summed E-state index contributed by atoms with van der Waals surface area (Å²) in [5, 5.41) is 0. The monoisotopic (exact) mass is 275 g/mol. The van der Waals surface area contributed by atoms with Crippen LogP contribution in [0, 0.1) is 0 Å². The molecule has 20 heavy (non-hydrogen) atoms. The van der Waals surface area contributed by atoms with E-state index in [2.05, 4.69) is 26.9 Å². The van der Waals surface area contributed by atoms with Crippen molar-refractivity contribution in [1.29, 1.82) is 0 Å². The van der Waals surface area contributed by atoms with Gasteiger partial charge in [0.25, 0.3) is 0 Å². The number of ether oxygens (including phenoxy) is 2. The molecule has 0 unspecified atom stereocenters. The first kappa shape index (κ1) is 13.4. The number of aromatic nitrogens is 1. The van der Waals surface area contributed by atoms with Crippen LogP contribution in [-0.4, -0.2) is 60.7 Å². The molecule has 1 fully saturated rings. The number of nitrogens with zero attached hydrogens (tertiary/aromatic N) is 3. The summed E-state index contributed by atoms with van der Waals surface area (Å²) in [7, 11) is 0. The van der Waals surface area contributed by atoms with Gasteiger partial charge in [-0.25, -0.2) is 0 Å². The molecule has 0 aromatic carbocycles. The Hall–Kier alpha value is -1.59. The Morgan fingerprint density at radius 2 is 1.65 bits per heavy atom. The Morgan fingerprint density at radius 1 is 0.950 bits per heavy atom. The normalized spacial score (nSPS) is 20.9. The Balaban J connectivity index is 1.44. The zero-order chi connectivity index (χ0) is 13.6. The van der Waals surface area contributed by atoms with E-state index in [1.165, 1.54) is 5.56 Å². The van der Waals surface area contributed by atoms with E-state index in [0.29, 0.717) is 13.2 Å². The lowest BCUT2D eigenvalue weighted by Gasteiger charge is -2.35. The molecule has 2 aliphatic heterocycles. The molecule has 1 aromatic rings. The molecule has 1 aromatic heterocycles. The summed E-state index contributed by atoms with van der Waals surface area (Å²) in [5.41, 5.74) is 1.33. The maximum absolute atomic E-state index is 5.58. The van der Waals surface area contributed by atoms with Crippen molar-refractivity contribution in [2.75, 3.05) is 45.9 Å². The van der Waals surface area contributed by atoms with Crippen molar-refractivity contribution in [2.45, 2.75) is 6.54 Å². The van der Waals surface area contributed by atoms with Crippen LogP contribution >= 0.6 is 0 Å². The molecule has 2 aliphatic rings. The molecule has 3 rings (SSSR count). The van der Waals surface area contributed by atoms with Gasteiger partial charge in [0.15, 0.2) is 0 Å². The SMILES string of the molecule is C1=C(CN2CCN(Cc3ccncc3)CC2)OCCO1. The summed E-state index contributed by atoms with van der Waals surface area (Å²) in [5.74, 6) is 0.957. The number of hydrogen-bond acceptors (Lipinski definition) is 5. The van der Waals surface area contributed by atoms with Gasteiger partial charge in [-0.1, -0.05) is 0 Å². The maximum Gasteiger partial charge on any atom is 0.144 e. The zero-order valence-electron chi connectivity index (χ0n) is 11.7. The molecule has 5 nitrogen and oxygen atoms in total. The van der Waals surface area contributed by atoms with Gasteiger partial charge in [-0.2, -0.15) is 0 Å². The molecule has 0 N–H and O–H groups in total. The van der Waals surface area contributed by atoms with Crippen LogP contribution in [0.25, 0.3) is 0 Å². The minimum atomic E-state index is 0.670. The van der Waals surface area contributed by atoms with E-state index in [1.807, 2.05) is 12.4 Å². The molecular formula is C15H21N3O2. The highest BCUT2D eigenvalue weighted by atomic mass is 16.6. The smallest absolute Gasteiger partial charge is 0.144 e. The summed E-state index contributed by atoms with van der Waals surface area (Å²) in [4.78, 5) is 8.96. The summed E-state index contributed by atoms with van der Waals surface area (Å²) in [6, 6.07) is 4.18. The first-order valence-electron chi connectivity index (χ1n) is 7.17. The molecule has 5 heteroatoms. The first-order valence-corrected chi connectivity index (χ1v) is 7.17. The summed E-state index contributed by atoms with van der Waals surface area (Å²) < 4.78 is 10.9. The van der Waals surface area contributed by atoms with Gasteiger partial charge in [0.1, 0.15) is 25.2 Å². The van der Waals surface area contributed by atoms with Crippen molar-refractivity contribution >= 4 is 0 Å². The van der Waals surface area contributed by atoms with Crippen LogP contribution in [0.1, 0.15) is 5.56 Å². The third-order valence-corrected chi connectivity index (χ3v) is 3.70. The van der Waals surface area contributed by atoms with E-state index in [9.17, 15) is 0 Å². The van der Waals surface area contributed by atoms with Gasteiger partial charge >= 0.3 is 0 Å². The van der Waals surface area contributed by atoms with Crippen molar-refractivity contribution in [3.63, 3.8) is 0 Å². The molecular weight excluding hydrogens is 254 g/mol. The third-order valence-electron chi connectivity index (χ3n) is 3.70. The van der Waals surface area contributed by atoms with E-state index >= 15 is 0 Å². The fraction of sp³-hybridized carbons (Fsp3) is 0.533. The van der Waals surface area contributed by atoms with Crippen LogP contribution < -0.4 is 0 Å². The van der Waals surface area contributed by atoms with Gasteiger partial charge in [-0.3, -0.25) is 14.8 Å². The predicted molar refractivity (Wildman–Crippen MR) is 75.9 cm³/mol. The largest absolute Gasteiger partial charge is 0.494 e. The topological polar surface area (TPSA) is 37.8 Å². The Kier molecular flexibility index (Phi) is 4.50. The van der Waals surface area contributed by atoms with E-state index in [4.69, 9.17) is 9.47 Å². The Morgan fingerprint density at radius 3 is 2.30 bits per heavy atom. The van der Waals surface area contributed by atoms with Gasteiger partial charge in [0, 0.05) is 45.1 Å². The lowest BCUT2D eigenvalue weighted by Crippen LogP contribution is -2.46. The molecule has 0 aliphatic carbocycles. The molecule has 0 atom stereocenters. The molecule has 0 bridgehead atoms. The van der Waals surface area contributed by atoms with Crippen LogP contribution in [0.15, 0.2) is 36.5 Å². The average Bonchev–Trinajstić information content (AvgIpc) is 2.51. The van der Waals surface area contributed by atoms with Gasteiger partial charge in [0.05, 0.1) is 6.54 Å². The number of piperazine rings is 1. The van der Waals surface area contributed by atoms with Gasteiger partial charge < -0.3 is 9.47 Å². The van der Waals surface area contributed by atoms with Crippen molar-refractivity contribution in [2.24, 2.45) is 0 Å². The number of hydrogen-bond donors (Lipinski definition) is 0. The minimum absolute atomic E-state index is 0.670. The van der Waals surface area contributed by atoms with Crippen LogP contribution in [-0.2, 0) is 16.0 Å². The quantitative estimate of drug-likeness (QED) is 0.822. The Bertz CT molecular complexity index is 442. The number of rotatable bonds is 4. The standard InChI is InChI=1S/C15H21N3O2/c1-3-16-4-2-14(1)11-17-5-7-18(8-6-17)12-15-13-19-9-10-20-15/h1-4,13H,5-12H2. The number of pyridine rings is 1. The maximum atomic E-state index is 5.58. The van der Waals surface area contributed by atoms with Crippen LogP contribution in [0.3, 0.4) is 0 Å². The third kappa shape index (κ3) is 3.71. The molecule has 1 saturated heterocycles. The predicted octanol–water partition coefficient (Wildman–Crippen LogP) is 1.09. The first-order chi connectivity index (χ1) is 9.90. The van der Waals surface area contributed by atoms with Gasteiger partial charge in [-0.05, 0) is 17.7 Å². The van der Waals surface area contributed by atoms with Crippen molar-refractivity contribution in [3.05, 3.63) is 42.1 Å². The molecule has 3 heterocycles. The minimum Gasteiger partial charge on any atom is -0.494 e. The molecule has 0 radical (unpaired) electrons. The lowest BCUT2D eigenvalue weighted by atomic mass is 10.2. The van der Waals surface area contributed by atoms with E-state index in [-0.39, 0.29) is 0 Å². The second-order valence-corrected chi connectivity index (χ2v) is 5.21. The highest BCUT2D eigenvalue weighted by molar-refractivity contribution is 5.09. The highest BCUT2D eigenvalue weighted by Crippen LogP contribution is 2.11. The second-order valence-electron chi connectivity index (χ2n) is 5.21. The van der Waals surface area contributed by atoms with Crippen molar-refractivity contribution in [1.82, 2.24) is 14.8 Å². The zero-order valence-corrected chi connectivity index (χ0v) is 11.7. The summed E-state index contributed by atoms with van der Waals surface area (Å²) >= 11 is 0. The second kappa shape index (κ2) is 6.72. The highest BCUT2D eigenvalue weighted by Gasteiger charge is 2.19. The van der Waals surface area contributed by atoms with Crippen molar-refractivity contribution in [3.8, 4) is 0 Å².